The molecule has 0 spiro atoms. The van der Waals surface area contributed by atoms with Crippen molar-refractivity contribution in [2.24, 2.45) is 0 Å². The largest absolute Gasteiger partial charge is 0.458 e. The number of ether oxygens (including phenoxy) is 1. The van der Waals surface area contributed by atoms with Crippen LogP contribution in [0, 0.1) is 0 Å². The Labute approximate surface area is 110 Å². The van der Waals surface area contributed by atoms with Gasteiger partial charge in [-0.1, -0.05) is 18.2 Å². The molecule has 1 saturated heterocycles. The molecule has 2 heterocycles. The second kappa shape index (κ2) is 4.90. The number of para-hydroxylation sites is 1. The monoisotopic (exact) mass is 257 g/mol. The van der Waals surface area contributed by atoms with Gasteiger partial charge in [0.25, 0.3) is 0 Å². The predicted molar refractivity (Wildman–Crippen MR) is 72.5 cm³/mol. The molecule has 0 unspecified atom stereocenters. The Morgan fingerprint density at radius 1 is 1.37 bits per heavy atom. The van der Waals surface area contributed by atoms with Gasteiger partial charge in [0, 0.05) is 17.6 Å². The van der Waals surface area contributed by atoms with Crippen molar-refractivity contribution in [1.29, 1.82) is 0 Å². The van der Waals surface area contributed by atoms with Gasteiger partial charge in [-0.25, -0.2) is 0 Å². The van der Waals surface area contributed by atoms with Crippen molar-refractivity contribution in [3.8, 4) is 0 Å². The minimum Gasteiger partial charge on any atom is -0.458 e. The van der Waals surface area contributed by atoms with E-state index in [2.05, 4.69) is 4.98 Å². The Kier molecular flexibility index (Phi) is 3.09. The minimum atomic E-state index is -0.599. The fraction of sp³-hybridized carbons (Fsp3) is 0.267. The van der Waals surface area contributed by atoms with Crippen LogP contribution in [-0.4, -0.2) is 28.3 Å². The summed E-state index contributed by atoms with van der Waals surface area (Å²) in [6.45, 7) is 0. The first-order valence-electron chi connectivity index (χ1n) is 6.34. The number of carbonyl (C=O) groups excluding carboxylic acids is 1. The third-order valence-corrected chi connectivity index (χ3v) is 3.23. The van der Waals surface area contributed by atoms with Gasteiger partial charge in [0.05, 0.1) is 12.5 Å². The highest BCUT2D eigenvalue weighted by molar-refractivity contribution is 5.82. The number of aliphatic hydroxyl groups is 1. The topological polar surface area (TPSA) is 62.3 Å². The summed E-state index contributed by atoms with van der Waals surface area (Å²) in [6, 6.07) is 10.0. The lowest BCUT2D eigenvalue weighted by atomic mass is 10.1. The number of rotatable bonds is 2. The van der Waals surface area contributed by atoms with E-state index in [1.54, 1.807) is 0 Å². The molecule has 1 aliphatic rings. The van der Waals surface area contributed by atoms with Crippen molar-refractivity contribution >= 4 is 22.9 Å². The van der Waals surface area contributed by atoms with E-state index in [1.807, 2.05) is 42.5 Å². The highest BCUT2D eigenvalue weighted by atomic mass is 16.5. The van der Waals surface area contributed by atoms with E-state index in [4.69, 9.17) is 4.74 Å². The molecule has 1 aromatic heterocycles. The number of nitrogens with one attached hydrogen (secondary N) is 1. The third-order valence-electron chi connectivity index (χ3n) is 3.23. The van der Waals surface area contributed by atoms with Crippen LogP contribution in [0.25, 0.3) is 17.0 Å². The minimum absolute atomic E-state index is 0.0940. The molecule has 0 bridgehead atoms. The first-order chi connectivity index (χ1) is 9.20. The zero-order valence-corrected chi connectivity index (χ0v) is 10.4. The maximum absolute atomic E-state index is 11.2. The lowest BCUT2D eigenvalue weighted by molar-refractivity contribution is -0.156. The smallest absolute Gasteiger partial charge is 0.309 e. The Morgan fingerprint density at radius 2 is 2.21 bits per heavy atom. The first kappa shape index (κ1) is 12.0. The molecular weight excluding hydrogens is 242 g/mol. The van der Waals surface area contributed by atoms with Crippen molar-refractivity contribution in [2.45, 2.75) is 25.0 Å². The molecule has 98 valence electrons. The summed E-state index contributed by atoms with van der Waals surface area (Å²) in [7, 11) is 0. The molecule has 2 N–H and O–H groups in total. The molecule has 19 heavy (non-hydrogen) atoms. The van der Waals surface area contributed by atoms with Crippen LogP contribution in [0.5, 0.6) is 0 Å². The Hall–Kier alpha value is -2.07. The van der Waals surface area contributed by atoms with Crippen molar-refractivity contribution in [2.75, 3.05) is 0 Å². The highest BCUT2D eigenvalue weighted by Crippen LogP contribution is 2.19. The third kappa shape index (κ3) is 2.69. The molecule has 1 aliphatic heterocycles. The van der Waals surface area contributed by atoms with Crippen LogP contribution in [0.1, 0.15) is 18.5 Å². The van der Waals surface area contributed by atoms with Crippen LogP contribution in [0.15, 0.2) is 36.4 Å². The number of hydrogen-bond donors (Lipinski definition) is 2. The van der Waals surface area contributed by atoms with E-state index in [0.717, 1.165) is 16.6 Å². The molecule has 0 amide bonds. The van der Waals surface area contributed by atoms with Gasteiger partial charge in [-0.3, -0.25) is 4.79 Å². The highest BCUT2D eigenvalue weighted by Gasteiger charge is 2.25. The number of esters is 1. The zero-order valence-electron chi connectivity index (χ0n) is 10.4. The maximum Gasteiger partial charge on any atom is 0.309 e. The quantitative estimate of drug-likeness (QED) is 0.811. The molecule has 4 heteroatoms. The molecule has 0 radical (unpaired) electrons. The number of aliphatic hydroxyl groups excluding tert-OH is 1. The summed E-state index contributed by atoms with van der Waals surface area (Å²) in [5, 5.41) is 10.7. The van der Waals surface area contributed by atoms with E-state index in [1.165, 1.54) is 0 Å². The van der Waals surface area contributed by atoms with Gasteiger partial charge in [-0.15, -0.1) is 0 Å². The van der Waals surface area contributed by atoms with E-state index in [-0.39, 0.29) is 18.5 Å². The molecule has 0 saturated carbocycles. The Balaban J connectivity index is 1.76. The van der Waals surface area contributed by atoms with Gasteiger partial charge in [-0.05, 0) is 29.7 Å². The fourth-order valence-corrected chi connectivity index (χ4v) is 2.32. The van der Waals surface area contributed by atoms with Crippen LogP contribution in [0.3, 0.4) is 0 Å². The second-order valence-corrected chi connectivity index (χ2v) is 4.79. The number of H-pyrrole nitrogens is 1. The van der Waals surface area contributed by atoms with E-state index in [9.17, 15) is 9.90 Å². The van der Waals surface area contributed by atoms with Crippen LogP contribution in [-0.2, 0) is 9.53 Å². The standard InChI is InChI=1S/C15H15NO3/c17-12-8-13(19-15(18)9-12)6-5-11-7-10-3-1-2-4-14(10)16-11/h1-7,12-13,16-17H,8-9H2/t12-,13-/m1/s1. The van der Waals surface area contributed by atoms with Crippen LogP contribution in [0.4, 0.5) is 0 Å². The number of cyclic esters (lactones) is 1. The number of hydrogen-bond acceptors (Lipinski definition) is 3. The Morgan fingerprint density at radius 3 is 3.00 bits per heavy atom. The molecule has 2 atom stereocenters. The van der Waals surface area contributed by atoms with Crippen molar-refractivity contribution in [1.82, 2.24) is 4.98 Å². The summed E-state index contributed by atoms with van der Waals surface area (Å²) in [6.07, 6.45) is 3.31. The fourth-order valence-electron chi connectivity index (χ4n) is 2.32. The average Bonchev–Trinajstić information content (AvgIpc) is 2.78. The van der Waals surface area contributed by atoms with Crippen LogP contribution in [0.2, 0.25) is 0 Å². The molecule has 4 nitrogen and oxygen atoms in total. The number of aromatic nitrogens is 1. The summed E-state index contributed by atoms with van der Waals surface area (Å²) in [5.74, 6) is -0.343. The maximum atomic E-state index is 11.2. The van der Waals surface area contributed by atoms with E-state index >= 15 is 0 Å². The van der Waals surface area contributed by atoms with E-state index < -0.39 is 6.10 Å². The SMILES string of the molecule is O=C1C[C@H](O)C[C@@H](C=Cc2cc3ccccc3[nH]2)O1. The van der Waals surface area contributed by atoms with Gasteiger partial charge in [0.1, 0.15) is 6.10 Å². The number of benzene rings is 1. The van der Waals surface area contributed by atoms with Gasteiger partial charge >= 0.3 is 5.97 Å². The van der Waals surface area contributed by atoms with Crippen LogP contribution < -0.4 is 0 Å². The van der Waals surface area contributed by atoms with Crippen molar-refractivity contribution < 1.29 is 14.6 Å². The summed E-state index contributed by atoms with van der Waals surface area (Å²) >= 11 is 0. The summed E-state index contributed by atoms with van der Waals surface area (Å²) in [4.78, 5) is 14.5. The first-order valence-corrected chi connectivity index (χ1v) is 6.34. The lowest BCUT2D eigenvalue weighted by Crippen LogP contribution is -2.31. The zero-order chi connectivity index (χ0) is 13.2. The van der Waals surface area contributed by atoms with Crippen molar-refractivity contribution in [3.05, 3.63) is 42.1 Å². The van der Waals surface area contributed by atoms with Gasteiger partial charge in [0.2, 0.25) is 0 Å². The number of fused-ring (bicyclic) bond motifs is 1. The molecular formula is C15H15NO3. The average molecular weight is 257 g/mol. The predicted octanol–water partition coefficient (Wildman–Crippen LogP) is 2.25. The molecule has 1 aromatic carbocycles. The second-order valence-electron chi connectivity index (χ2n) is 4.79. The Bertz CT molecular complexity index is 596. The molecule has 2 aromatic rings. The number of carbonyl (C=O) groups is 1. The van der Waals surface area contributed by atoms with Crippen molar-refractivity contribution in [3.63, 3.8) is 0 Å². The summed E-state index contributed by atoms with van der Waals surface area (Å²) < 4.78 is 5.15. The number of aromatic amines is 1. The van der Waals surface area contributed by atoms with Crippen LogP contribution >= 0.6 is 0 Å². The molecule has 0 aliphatic carbocycles. The van der Waals surface area contributed by atoms with Gasteiger partial charge in [-0.2, -0.15) is 0 Å². The molecule has 1 fully saturated rings. The summed E-state index contributed by atoms with van der Waals surface area (Å²) in [5.41, 5.74) is 2.03. The lowest BCUT2D eigenvalue weighted by Gasteiger charge is -2.23. The normalized spacial score (nSPS) is 23.9. The van der Waals surface area contributed by atoms with Gasteiger partial charge in [0.15, 0.2) is 0 Å². The molecule has 3 rings (SSSR count). The van der Waals surface area contributed by atoms with Gasteiger partial charge < -0.3 is 14.8 Å². The van der Waals surface area contributed by atoms with E-state index in [0.29, 0.717) is 6.42 Å².